The molecule has 1 saturated heterocycles. The highest BCUT2D eigenvalue weighted by atomic mass is 79.9. The predicted molar refractivity (Wildman–Crippen MR) is 80.1 cm³/mol. The summed E-state index contributed by atoms with van der Waals surface area (Å²) < 4.78 is 1.16. The molecular weight excluding hydrogens is 288 g/mol. The van der Waals surface area contributed by atoms with Crippen LogP contribution >= 0.6 is 15.9 Å². The molecule has 1 unspecified atom stereocenters. The van der Waals surface area contributed by atoms with Gasteiger partial charge in [0.1, 0.15) is 0 Å². The van der Waals surface area contributed by atoms with Crippen molar-refractivity contribution < 1.29 is 0 Å². The van der Waals surface area contributed by atoms with Gasteiger partial charge in [0.2, 0.25) is 0 Å². The Morgan fingerprint density at radius 2 is 1.78 bits per heavy atom. The van der Waals surface area contributed by atoms with Crippen LogP contribution < -0.4 is 10.2 Å². The van der Waals surface area contributed by atoms with Crippen LogP contribution in [0.2, 0.25) is 0 Å². The van der Waals surface area contributed by atoms with Crippen LogP contribution in [0, 0.1) is 11.8 Å². The maximum Gasteiger partial charge on any atom is 0.0367 e. The van der Waals surface area contributed by atoms with Gasteiger partial charge in [-0.15, -0.1) is 0 Å². The van der Waals surface area contributed by atoms with Crippen LogP contribution in [0.4, 0.5) is 5.69 Å². The van der Waals surface area contributed by atoms with Gasteiger partial charge in [-0.1, -0.05) is 15.9 Å². The lowest BCUT2D eigenvalue weighted by Gasteiger charge is -2.19. The summed E-state index contributed by atoms with van der Waals surface area (Å²) in [5.74, 6) is 1.82. The maximum atomic E-state index is 3.64. The van der Waals surface area contributed by atoms with E-state index < -0.39 is 0 Å². The second-order valence-corrected chi connectivity index (χ2v) is 6.59. The van der Waals surface area contributed by atoms with Crippen molar-refractivity contribution in [2.24, 2.45) is 11.8 Å². The Morgan fingerprint density at radius 3 is 2.50 bits per heavy atom. The Bertz CT molecular complexity index is 386. The minimum Gasteiger partial charge on any atom is -0.371 e. The molecule has 2 aliphatic rings. The first kappa shape index (κ1) is 12.5. The molecule has 1 atom stereocenters. The Balaban J connectivity index is 1.46. The molecule has 2 nitrogen and oxygen atoms in total. The van der Waals surface area contributed by atoms with Crippen LogP contribution in [0.1, 0.15) is 19.3 Å². The van der Waals surface area contributed by atoms with E-state index in [4.69, 9.17) is 0 Å². The van der Waals surface area contributed by atoms with Gasteiger partial charge in [-0.2, -0.15) is 0 Å². The molecule has 0 aromatic heterocycles. The molecule has 1 N–H and O–H groups in total. The Hall–Kier alpha value is -0.540. The van der Waals surface area contributed by atoms with Gasteiger partial charge in [0.15, 0.2) is 0 Å². The monoisotopic (exact) mass is 308 g/mol. The van der Waals surface area contributed by atoms with Gasteiger partial charge < -0.3 is 10.2 Å². The highest BCUT2D eigenvalue weighted by Gasteiger charge is 2.24. The molecule has 3 rings (SSSR count). The van der Waals surface area contributed by atoms with E-state index in [0.717, 1.165) is 16.3 Å². The van der Waals surface area contributed by atoms with Gasteiger partial charge in [-0.25, -0.2) is 0 Å². The molecular formula is C15H21BrN2. The van der Waals surface area contributed by atoms with E-state index in [1.807, 2.05) is 0 Å². The summed E-state index contributed by atoms with van der Waals surface area (Å²) in [6.45, 7) is 4.86. The molecule has 1 aliphatic carbocycles. The molecule has 1 aromatic rings. The van der Waals surface area contributed by atoms with Gasteiger partial charge in [0.05, 0.1) is 0 Å². The van der Waals surface area contributed by atoms with Crippen molar-refractivity contribution in [2.75, 3.05) is 31.1 Å². The molecule has 98 valence electrons. The number of halogens is 1. The molecule has 3 heteroatoms. The summed E-state index contributed by atoms with van der Waals surface area (Å²) in [7, 11) is 0. The molecule has 0 bridgehead atoms. The molecule has 0 radical (unpaired) electrons. The van der Waals surface area contributed by atoms with Crippen molar-refractivity contribution in [2.45, 2.75) is 19.3 Å². The summed E-state index contributed by atoms with van der Waals surface area (Å²) in [6, 6.07) is 8.69. The lowest BCUT2D eigenvalue weighted by atomic mass is 10.1. The summed E-state index contributed by atoms with van der Waals surface area (Å²) in [4.78, 5) is 2.51. The van der Waals surface area contributed by atoms with Crippen LogP contribution in [0.25, 0.3) is 0 Å². The minimum absolute atomic E-state index is 0.826. The van der Waals surface area contributed by atoms with Crippen LogP contribution in [0.15, 0.2) is 28.7 Å². The average molecular weight is 309 g/mol. The third kappa shape index (κ3) is 3.27. The Morgan fingerprint density at radius 1 is 1.06 bits per heavy atom. The number of nitrogens with zero attached hydrogens (tertiary/aromatic N) is 1. The SMILES string of the molecule is Brc1ccc(N2CCC(CNCC3CC3)C2)cc1. The van der Waals surface area contributed by atoms with Gasteiger partial charge in [0.25, 0.3) is 0 Å². The molecule has 0 spiro atoms. The number of benzene rings is 1. The minimum atomic E-state index is 0.826. The van der Waals surface area contributed by atoms with E-state index in [0.29, 0.717) is 0 Å². The Kier molecular flexibility index (Phi) is 3.90. The normalized spacial score (nSPS) is 23.6. The third-order valence-electron chi connectivity index (χ3n) is 4.04. The first-order valence-electron chi connectivity index (χ1n) is 7.02. The second kappa shape index (κ2) is 5.62. The quantitative estimate of drug-likeness (QED) is 0.898. The van der Waals surface area contributed by atoms with E-state index in [1.165, 1.54) is 51.1 Å². The first-order valence-corrected chi connectivity index (χ1v) is 7.82. The van der Waals surface area contributed by atoms with Gasteiger partial charge in [0, 0.05) is 23.2 Å². The van der Waals surface area contributed by atoms with E-state index in [-0.39, 0.29) is 0 Å². The molecule has 1 aromatic carbocycles. The highest BCUT2D eigenvalue weighted by Crippen LogP contribution is 2.28. The molecule has 2 fully saturated rings. The third-order valence-corrected chi connectivity index (χ3v) is 4.57. The first-order chi connectivity index (χ1) is 8.81. The van der Waals surface area contributed by atoms with Crippen LogP contribution in [-0.2, 0) is 0 Å². The zero-order valence-corrected chi connectivity index (χ0v) is 12.3. The smallest absolute Gasteiger partial charge is 0.0367 e. The number of hydrogen-bond acceptors (Lipinski definition) is 2. The molecule has 1 aliphatic heterocycles. The van der Waals surface area contributed by atoms with E-state index in [1.54, 1.807) is 0 Å². The second-order valence-electron chi connectivity index (χ2n) is 5.68. The molecule has 18 heavy (non-hydrogen) atoms. The largest absolute Gasteiger partial charge is 0.371 e. The Labute approximate surface area is 118 Å². The van der Waals surface area contributed by atoms with Crippen molar-refractivity contribution in [3.63, 3.8) is 0 Å². The van der Waals surface area contributed by atoms with Crippen molar-refractivity contribution in [1.82, 2.24) is 5.32 Å². The van der Waals surface area contributed by atoms with Crippen molar-refractivity contribution in [3.05, 3.63) is 28.7 Å². The van der Waals surface area contributed by atoms with E-state index >= 15 is 0 Å². The molecule has 0 amide bonds. The maximum absolute atomic E-state index is 3.64. The zero-order chi connectivity index (χ0) is 12.4. The summed E-state index contributed by atoms with van der Waals surface area (Å²) in [5, 5.41) is 3.64. The van der Waals surface area contributed by atoms with Crippen molar-refractivity contribution >= 4 is 21.6 Å². The number of anilines is 1. The topological polar surface area (TPSA) is 15.3 Å². The van der Waals surface area contributed by atoms with Crippen molar-refractivity contribution in [3.8, 4) is 0 Å². The summed E-state index contributed by atoms with van der Waals surface area (Å²) >= 11 is 3.49. The van der Waals surface area contributed by atoms with Gasteiger partial charge in [-0.05, 0) is 68.5 Å². The lowest BCUT2D eigenvalue weighted by molar-refractivity contribution is 0.506. The van der Waals surface area contributed by atoms with E-state index in [9.17, 15) is 0 Å². The standard InChI is InChI=1S/C15H21BrN2/c16-14-3-5-15(6-4-14)18-8-7-13(11-18)10-17-9-12-1-2-12/h3-6,12-13,17H,1-2,7-11H2. The summed E-state index contributed by atoms with van der Waals surface area (Å²) in [5.41, 5.74) is 1.36. The molecule has 1 saturated carbocycles. The zero-order valence-electron chi connectivity index (χ0n) is 10.7. The molecule has 1 heterocycles. The van der Waals surface area contributed by atoms with Crippen LogP contribution in [0.3, 0.4) is 0 Å². The number of rotatable bonds is 5. The number of hydrogen-bond donors (Lipinski definition) is 1. The van der Waals surface area contributed by atoms with E-state index in [2.05, 4.69) is 50.4 Å². The lowest BCUT2D eigenvalue weighted by Crippen LogP contribution is -2.27. The number of nitrogens with one attached hydrogen (secondary N) is 1. The predicted octanol–water partition coefficient (Wildman–Crippen LogP) is 3.28. The highest BCUT2D eigenvalue weighted by molar-refractivity contribution is 9.10. The van der Waals surface area contributed by atoms with Gasteiger partial charge >= 0.3 is 0 Å². The van der Waals surface area contributed by atoms with Gasteiger partial charge in [-0.3, -0.25) is 0 Å². The fraction of sp³-hybridized carbons (Fsp3) is 0.600. The van der Waals surface area contributed by atoms with Crippen LogP contribution in [-0.4, -0.2) is 26.2 Å². The fourth-order valence-corrected chi connectivity index (χ4v) is 2.96. The summed E-state index contributed by atoms with van der Waals surface area (Å²) in [6.07, 6.45) is 4.22. The fourth-order valence-electron chi connectivity index (χ4n) is 2.70. The van der Waals surface area contributed by atoms with Crippen molar-refractivity contribution in [1.29, 1.82) is 0 Å². The van der Waals surface area contributed by atoms with Crippen LogP contribution in [0.5, 0.6) is 0 Å². The average Bonchev–Trinajstić information content (AvgIpc) is 3.08.